The van der Waals surface area contributed by atoms with E-state index < -0.39 is 18.6 Å². The first-order chi connectivity index (χ1) is 16.6. The predicted molar refractivity (Wildman–Crippen MR) is 127 cm³/mol. The fourth-order valence-corrected chi connectivity index (χ4v) is 3.63. The summed E-state index contributed by atoms with van der Waals surface area (Å²) in [6, 6.07) is 22.2. The number of hydrogen-bond donors (Lipinski definition) is 1. The average Bonchev–Trinajstić information content (AvgIpc) is 2.79. The van der Waals surface area contributed by atoms with Gasteiger partial charge in [-0.2, -0.15) is 17.6 Å². The van der Waals surface area contributed by atoms with Gasteiger partial charge >= 0.3 is 12.5 Å². The summed E-state index contributed by atoms with van der Waals surface area (Å²) < 4.78 is 62.0. The van der Waals surface area contributed by atoms with Gasteiger partial charge in [-0.15, -0.1) is 0 Å². The van der Waals surface area contributed by atoms with Crippen molar-refractivity contribution >= 4 is 5.69 Å². The quantitative estimate of drug-likeness (QED) is 0.274. The van der Waals surface area contributed by atoms with Crippen LogP contribution in [0.5, 0.6) is 17.2 Å². The molecule has 35 heavy (non-hydrogen) atoms. The summed E-state index contributed by atoms with van der Waals surface area (Å²) in [5, 5.41) is 10.6. The minimum atomic E-state index is -4.59. The Balaban J connectivity index is 1.84. The Hall–Kier alpha value is -3.26. The molecule has 0 heterocycles. The summed E-state index contributed by atoms with van der Waals surface area (Å²) in [6.45, 7) is 4.50. The number of halogens is 4. The van der Waals surface area contributed by atoms with E-state index in [4.69, 9.17) is 4.74 Å². The summed E-state index contributed by atoms with van der Waals surface area (Å²) in [5.74, 6) is 1.16. The lowest BCUT2D eigenvalue weighted by Gasteiger charge is -2.29. The molecule has 8 heteroatoms. The van der Waals surface area contributed by atoms with Crippen LogP contribution in [0.3, 0.4) is 0 Å². The maximum atomic E-state index is 13.4. The molecule has 0 aromatic heterocycles. The number of nitrogens with zero attached hydrogens (tertiary/aromatic N) is 1. The Morgan fingerprint density at radius 2 is 1.51 bits per heavy atom. The molecule has 1 atom stereocenters. The Kier molecular flexibility index (Phi) is 8.98. The van der Waals surface area contributed by atoms with Gasteiger partial charge < -0.3 is 19.5 Å². The molecule has 0 amide bonds. The molecule has 1 N–H and O–H groups in total. The number of benzene rings is 3. The second-order valence-corrected chi connectivity index (χ2v) is 8.69. The fraction of sp³-hybridized carbons (Fsp3) is 0.333. The van der Waals surface area contributed by atoms with Crippen LogP contribution in [0.2, 0.25) is 0 Å². The van der Waals surface area contributed by atoms with E-state index in [2.05, 4.69) is 4.74 Å². The van der Waals surface area contributed by atoms with E-state index >= 15 is 0 Å². The van der Waals surface area contributed by atoms with E-state index in [1.54, 1.807) is 12.1 Å². The van der Waals surface area contributed by atoms with Crippen molar-refractivity contribution in [1.82, 2.24) is 0 Å². The van der Waals surface area contributed by atoms with Crippen molar-refractivity contribution in [2.45, 2.75) is 45.5 Å². The third-order valence-corrected chi connectivity index (χ3v) is 5.12. The van der Waals surface area contributed by atoms with Crippen molar-refractivity contribution in [2.24, 2.45) is 5.92 Å². The van der Waals surface area contributed by atoms with Gasteiger partial charge in [0.15, 0.2) is 0 Å². The monoisotopic (exact) mass is 491 g/mol. The summed E-state index contributed by atoms with van der Waals surface area (Å²) in [4.78, 5) is 1.88. The minimum Gasteiger partial charge on any atom is -0.457 e. The number of hydrogen-bond acceptors (Lipinski definition) is 4. The van der Waals surface area contributed by atoms with Crippen LogP contribution in [0.4, 0.5) is 23.2 Å². The summed E-state index contributed by atoms with van der Waals surface area (Å²) >= 11 is 0. The number of aliphatic hydroxyl groups is 1. The van der Waals surface area contributed by atoms with E-state index in [1.807, 2.05) is 67.3 Å². The predicted octanol–water partition coefficient (Wildman–Crippen LogP) is 7.13. The highest BCUT2D eigenvalue weighted by atomic mass is 19.3. The molecular weight excluding hydrogens is 462 g/mol. The average molecular weight is 492 g/mol. The third kappa shape index (κ3) is 8.17. The summed E-state index contributed by atoms with van der Waals surface area (Å²) in [7, 11) is 0. The first-order valence-corrected chi connectivity index (χ1v) is 11.3. The second kappa shape index (κ2) is 11.9. The maximum Gasteiger partial charge on any atom is 0.461 e. The van der Waals surface area contributed by atoms with E-state index in [-0.39, 0.29) is 24.8 Å². The van der Waals surface area contributed by atoms with E-state index in [0.717, 1.165) is 5.69 Å². The summed E-state index contributed by atoms with van der Waals surface area (Å²) in [6.07, 6.45) is -8.60. The van der Waals surface area contributed by atoms with Gasteiger partial charge in [-0.1, -0.05) is 50.2 Å². The molecular formula is C27H29F4NO3. The molecule has 0 fully saturated rings. The highest BCUT2D eigenvalue weighted by molar-refractivity contribution is 5.52. The Morgan fingerprint density at radius 3 is 2.20 bits per heavy atom. The topological polar surface area (TPSA) is 41.9 Å². The Labute approximate surface area is 202 Å². The molecule has 1 unspecified atom stereocenters. The van der Waals surface area contributed by atoms with Crippen LogP contribution in [0.25, 0.3) is 0 Å². The van der Waals surface area contributed by atoms with Crippen molar-refractivity contribution < 1.29 is 32.1 Å². The zero-order valence-electron chi connectivity index (χ0n) is 19.6. The van der Waals surface area contributed by atoms with E-state index in [1.165, 1.54) is 18.2 Å². The van der Waals surface area contributed by atoms with E-state index in [9.17, 15) is 22.7 Å². The fourth-order valence-electron chi connectivity index (χ4n) is 3.63. The van der Waals surface area contributed by atoms with Crippen LogP contribution in [-0.2, 0) is 6.54 Å². The van der Waals surface area contributed by atoms with Gasteiger partial charge in [0.1, 0.15) is 17.2 Å². The molecule has 3 aromatic carbocycles. The molecule has 0 aliphatic carbocycles. The van der Waals surface area contributed by atoms with Crippen molar-refractivity contribution in [3.8, 4) is 17.2 Å². The molecule has 0 spiro atoms. The van der Waals surface area contributed by atoms with Crippen LogP contribution in [0, 0.1) is 5.92 Å². The molecule has 188 valence electrons. The van der Waals surface area contributed by atoms with Gasteiger partial charge in [-0.05, 0) is 54.3 Å². The smallest absolute Gasteiger partial charge is 0.457 e. The lowest BCUT2D eigenvalue weighted by Crippen LogP contribution is -2.34. The molecule has 3 rings (SSSR count). The molecule has 0 aliphatic heterocycles. The molecule has 0 radical (unpaired) electrons. The standard InChI is InChI=1S/C27H29F4NO3/c1-19(2)14-22(33)18-32(17-20-8-6-13-25(15-20)35-27(30,31)26(28)29)21-9-7-12-24(16-21)34-23-10-4-3-5-11-23/h3-13,15-16,19,22,26,33H,14,17-18H2,1-2H3. The van der Waals surface area contributed by atoms with Crippen molar-refractivity contribution in [1.29, 1.82) is 0 Å². The SMILES string of the molecule is CC(C)CC(O)CN(Cc1cccc(OC(F)(F)C(F)F)c1)c1cccc(Oc2ccccc2)c1. The van der Waals surface area contributed by atoms with Crippen LogP contribution in [0.1, 0.15) is 25.8 Å². The molecule has 4 nitrogen and oxygen atoms in total. The molecule has 3 aromatic rings. The Bertz CT molecular complexity index is 1060. The number of aliphatic hydroxyl groups excluding tert-OH is 1. The number of ether oxygens (including phenoxy) is 2. The lowest BCUT2D eigenvalue weighted by atomic mass is 10.0. The van der Waals surface area contributed by atoms with Gasteiger partial charge in [0.05, 0.1) is 6.10 Å². The van der Waals surface area contributed by atoms with Crippen LogP contribution in [0.15, 0.2) is 78.9 Å². The van der Waals surface area contributed by atoms with Crippen LogP contribution in [-0.4, -0.2) is 30.3 Å². The normalized spacial score (nSPS) is 12.6. The largest absolute Gasteiger partial charge is 0.461 e. The number of para-hydroxylation sites is 1. The lowest BCUT2D eigenvalue weighted by molar-refractivity contribution is -0.253. The van der Waals surface area contributed by atoms with Crippen molar-refractivity contribution in [3.05, 3.63) is 84.4 Å². The van der Waals surface area contributed by atoms with Gasteiger partial charge in [0.25, 0.3) is 0 Å². The van der Waals surface area contributed by atoms with E-state index in [0.29, 0.717) is 23.5 Å². The third-order valence-electron chi connectivity index (χ3n) is 5.12. The van der Waals surface area contributed by atoms with Crippen molar-refractivity contribution in [2.75, 3.05) is 11.4 Å². The van der Waals surface area contributed by atoms with Gasteiger partial charge in [0, 0.05) is 24.8 Å². The van der Waals surface area contributed by atoms with Crippen LogP contribution >= 0.6 is 0 Å². The van der Waals surface area contributed by atoms with Gasteiger partial charge in [-0.25, -0.2) is 0 Å². The zero-order valence-corrected chi connectivity index (χ0v) is 19.6. The zero-order chi connectivity index (χ0) is 25.4. The molecule has 0 saturated heterocycles. The number of alkyl halides is 4. The molecule has 0 saturated carbocycles. The minimum absolute atomic E-state index is 0.224. The second-order valence-electron chi connectivity index (χ2n) is 8.69. The molecule has 0 bridgehead atoms. The number of anilines is 1. The first kappa shape index (κ1) is 26.3. The summed E-state index contributed by atoms with van der Waals surface area (Å²) in [5.41, 5.74) is 1.30. The highest BCUT2D eigenvalue weighted by Crippen LogP contribution is 2.30. The number of rotatable bonds is 12. The molecule has 0 aliphatic rings. The Morgan fingerprint density at radius 1 is 0.857 bits per heavy atom. The van der Waals surface area contributed by atoms with Gasteiger partial charge in [0.2, 0.25) is 0 Å². The van der Waals surface area contributed by atoms with Crippen molar-refractivity contribution in [3.63, 3.8) is 0 Å². The highest BCUT2D eigenvalue weighted by Gasteiger charge is 2.44. The van der Waals surface area contributed by atoms with Gasteiger partial charge in [-0.3, -0.25) is 0 Å². The van der Waals surface area contributed by atoms with Crippen LogP contribution < -0.4 is 14.4 Å². The maximum absolute atomic E-state index is 13.4. The first-order valence-electron chi connectivity index (χ1n) is 11.3.